The predicted octanol–water partition coefficient (Wildman–Crippen LogP) is 18.8. The van der Waals surface area contributed by atoms with E-state index < -0.39 is 0 Å². The highest BCUT2D eigenvalue weighted by Gasteiger charge is 2.16. The van der Waals surface area contributed by atoms with Crippen molar-refractivity contribution in [1.82, 2.24) is 0 Å². The van der Waals surface area contributed by atoms with Crippen LogP contribution in [-0.4, -0.2) is 0 Å². The van der Waals surface area contributed by atoms with Crippen LogP contribution in [0.25, 0.3) is 62.6 Å². The maximum Gasteiger partial charge on any atom is 0.0462 e. The van der Waals surface area contributed by atoms with Gasteiger partial charge in [0.25, 0.3) is 0 Å². The van der Waals surface area contributed by atoms with E-state index in [9.17, 15) is 0 Å². The van der Waals surface area contributed by atoms with Gasteiger partial charge < -0.3 is 9.80 Å². The molecule has 0 bridgehead atoms. The fraction of sp³-hybridized carbons (Fsp3) is 0. The quantitative estimate of drug-likeness (QED) is 0.121. The Morgan fingerprint density at radius 3 is 0.585 bits per heavy atom. The van der Waals surface area contributed by atoms with Crippen molar-refractivity contribution < 1.29 is 0 Å². The Morgan fingerprint density at radius 1 is 0.169 bits per heavy atom. The molecular formula is C60H42N2S3. The first kappa shape index (κ1) is 40.2. The van der Waals surface area contributed by atoms with Crippen LogP contribution >= 0.6 is 34.0 Å². The molecule has 0 aliphatic carbocycles. The Morgan fingerprint density at radius 2 is 0.354 bits per heavy atom. The summed E-state index contributed by atoms with van der Waals surface area (Å²) in [4.78, 5) is 12.2. The SMILES string of the molecule is c1ccc(-c2ccc(-c3ccc(N(c4ccccc4)c4ccc(-c5ccc(-c6ccc(N(c7ccccc7)c7ccc(-c8ccc(-c9ccccc9)s8)cc7)cc6)s5)cc4)cc3)s2)cc1. The van der Waals surface area contributed by atoms with Crippen molar-refractivity contribution >= 4 is 68.1 Å². The topological polar surface area (TPSA) is 6.48 Å². The Balaban J connectivity index is 0.819. The lowest BCUT2D eigenvalue weighted by atomic mass is 10.1. The molecule has 3 aromatic heterocycles. The van der Waals surface area contributed by atoms with E-state index in [2.05, 4.69) is 265 Å². The van der Waals surface area contributed by atoms with Gasteiger partial charge in [0.15, 0.2) is 0 Å². The summed E-state index contributed by atoms with van der Waals surface area (Å²) in [5.41, 5.74) is 14.1. The van der Waals surface area contributed by atoms with Gasteiger partial charge in [-0.15, -0.1) is 34.0 Å². The molecule has 11 rings (SSSR count). The second kappa shape index (κ2) is 18.3. The van der Waals surface area contributed by atoms with Crippen LogP contribution in [0.2, 0.25) is 0 Å². The Labute approximate surface area is 392 Å². The van der Waals surface area contributed by atoms with E-state index in [4.69, 9.17) is 0 Å². The van der Waals surface area contributed by atoms with E-state index in [0.717, 1.165) is 34.1 Å². The van der Waals surface area contributed by atoms with Crippen molar-refractivity contribution in [3.05, 3.63) is 255 Å². The Bertz CT molecular complexity index is 3040. The van der Waals surface area contributed by atoms with Gasteiger partial charge in [0.05, 0.1) is 0 Å². The standard InChI is InChI=1S/C60H42N2S3/c1-5-13-43(14-6-1)55-37-39-57(63-55)45-21-29-51(30-22-45)61(49-17-9-3-10-18-49)53-33-25-47(26-34-53)59-41-42-60(65-59)48-27-35-54(36-28-48)62(50-19-11-4-12-20-50)52-31-23-46(24-32-52)58-40-38-56(64-58)44-15-7-2-8-16-44/h1-42H. The minimum absolute atomic E-state index is 1.11. The summed E-state index contributed by atoms with van der Waals surface area (Å²) >= 11 is 5.49. The largest absolute Gasteiger partial charge is 0.311 e. The number of benzene rings is 8. The summed E-state index contributed by atoms with van der Waals surface area (Å²) in [5.74, 6) is 0. The molecule has 3 heterocycles. The molecule has 5 heteroatoms. The molecule has 0 atom stereocenters. The second-order valence-corrected chi connectivity index (χ2v) is 19.0. The normalized spacial score (nSPS) is 11.1. The zero-order valence-corrected chi connectivity index (χ0v) is 37.8. The highest BCUT2D eigenvalue weighted by molar-refractivity contribution is 7.19. The number of hydrogen-bond donors (Lipinski definition) is 0. The zero-order valence-electron chi connectivity index (χ0n) is 35.4. The van der Waals surface area contributed by atoms with Gasteiger partial charge in [-0.25, -0.2) is 0 Å². The van der Waals surface area contributed by atoms with Gasteiger partial charge in [-0.05, 0) is 143 Å². The minimum Gasteiger partial charge on any atom is -0.311 e. The van der Waals surface area contributed by atoms with E-state index >= 15 is 0 Å². The molecule has 65 heavy (non-hydrogen) atoms. The van der Waals surface area contributed by atoms with Crippen LogP contribution in [0.15, 0.2) is 255 Å². The van der Waals surface area contributed by atoms with Crippen LogP contribution in [0.5, 0.6) is 0 Å². The van der Waals surface area contributed by atoms with Crippen molar-refractivity contribution in [1.29, 1.82) is 0 Å². The van der Waals surface area contributed by atoms with Crippen molar-refractivity contribution in [3.63, 3.8) is 0 Å². The molecule has 0 saturated heterocycles. The van der Waals surface area contributed by atoms with Crippen molar-refractivity contribution in [2.24, 2.45) is 0 Å². The first-order valence-corrected chi connectivity index (χ1v) is 24.2. The Hall–Kier alpha value is -7.54. The lowest BCUT2D eigenvalue weighted by Crippen LogP contribution is -2.09. The maximum absolute atomic E-state index is 2.33. The molecule has 0 aliphatic rings. The number of hydrogen-bond acceptors (Lipinski definition) is 5. The smallest absolute Gasteiger partial charge is 0.0462 e. The van der Waals surface area contributed by atoms with Gasteiger partial charge in [-0.1, -0.05) is 146 Å². The highest BCUT2D eigenvalue weighted by Crippen LogP contribution is 2.43. The van der Waals surface area contributed by atoms with E-state index in [1.165, 1.54) is 62.6 Å². The third kappa shape index (κ3) is 8.61. The molecular weight excluding hydrogens is 845 g/mol. The van der Waals surface area contributed by atoms with Crippen LogP contribution in [0.4, 0.5) is 34.1 Å². The third-order valence-corrected chi connectivity index (χ3v) is 15.2. The number of para-hydroxylation sites is 2. The zero-order chi connectivity index (χ0) is 43.4. The van der Waals surface area contributed by atoms with Gasteiger partial charge in [0.2, 0.25) is 0 Å². The number of anilines is 6. The molecule has 2 nitrogen and oxygen atoms in total. The molecule has 0 radical (unpaired) electrons. The maximum atomic E-state index is 2.33. The van der Waals surface area contributed by atoms with Crippen LogP contribution in [0, 0.1) is 0 Å². The number of nitrogens with zero attached hydrogens (tertiary/aromatic N) is 2. The van der Waals surface area contributed by atoms with Gasteiger partial charge in [-0.3, -0.25) is 0 Å². The average Bonchev–Trinajstić information content (AvgIpc) is 4.20. The molecule has 0 fully saturated rings. The van der Waals surface area contributed by atoms with Crippen molar-refractivity contribution in [3.8, 4) is 62.6 Å². The predicted molar refractivity (Wildman–Crippen MR) is 282 cm³/mol. The summed E-state index contributed by atoms with van der Waals surface area (Å²) < 4.78 is 0. The molecule has 310 valence electrons. The van der Waals surface area contributed by atoms with Gasteiger partial charge >= 0.3 is 0 Å². The van der Waals surface area contributed by atoms with Gasteiger partial charge in [0, 0.05) is 63.4 Å². The summed E-state index contributed by atoms with van der Waals surface area (Å²) in [5, 5.41) is 0. The molecule has 0 spiro atoms. The summed E-state index contributed by atoms with van der Waals surface area (Å²) in [6, 6.07) is 91.7. The number of thiophene rings is 3. The molecule has 0 amide bonds. The van der Waals surface area contributed by atoms with E-state index in [-0.39, 0.29) is 0 Å². The number of rotatable bonds is 12. The highest BCUT2D eigenvalue weighted by atomic mass is 32.1. The molecule has 0 saturated carbocycles. The first-order valence-electron chi connectivity index (χ1n) is 21.7. The van der Waals surface area contributed by atoms with Crippen LogP contribution < -0.4 is 9.80 Å². The minimum atomic E-state index is 1.11. The van der Waals surface area contributed by atoms with Crippen LogP contribution in [0.3, 0.4) is 0 Å². The fourth-order valence-electron chi connectivity index (χ4n) is 8.30. The molecule has 11 aromatic rings. The van der Waals surface area contributed by atoms with E-state index in [1.807, 2.05) is 34.0 Å². The Kier molecular flexibility index (Phi) is 11.3. The van der Waals surface area contributed by atoms with Crippen molar-refractivity contribution in [2.75, 3.05) is 9.80 Å². The molecule has 0 aliphatic heterocycles. The second-order valence-electron chi connectivity index (χ2n) is 15.8. The summed E-state index contributed by atoms with van der Waals surface area (Å²) in [6.45, 7) is 0. The summed E-state index contributed by atoms with van der Waals surface area (Å²) in [6.07, 6.45) is 0. The monoisotopic (exact) mass is 886 g/mol. The van der Waals surface area contributed by atoms with Crippen molar-refractivity contribution in [2.45, 2.75) is 0 Å². The third-order valence-electron chi connectivity index (χ3n) is 11.6. The van der Waals surface area contributed by atoms with Gasteiger partial charge in [-0.2, -0.15) is 0 Å². The van der Waals surface area contributed by atoms with E-state index in [0.29, 0.717) is 0 Å². The summed E-state index contributed by atoms with van der Waals surface area (Å²) in [7, 11) is 0. The molecule has 0 N–H and O–H groups in total. The lowest BCUT2D eigenvalue weighted by Gasteiger charge is -2.26. The molecule has 0 unspecified atom stereocenters. The first-order chi connectivity index (χ1) is 32.2. The average molecular weight is 887 g/mol. The van der Waals surface area contributed by atoms with E-state index in [1.54, 1.807) is 0 Å². The van der Waals surface area contributed by atoms with Crippen LogP contribution in [0.1, 0.15) is 0 Å². The lowest BCUT2D eigenvalue weighted by molar-refractivity contribution is 1.28. The fourth-order valence-corrected chi connectivity index (χ4v) is 11.3. The van der Waals surface area contributed by atoms with Crippen LogP contribution in [-0.2, 0) is 0 Å². The van der Waals surface area contributed by atoms with Gasteiger partial charge in [0.1, 0.15) is 0 Å². The molecule has 8 aromatic carbocycles.